The molecule has 1 saturated heterocycles. The first-order chi connectivity index (χ1) is 6.88. The summed E-state index contributed by atoms with van der Waals surface area (Å²) in [6, 6.07) is 0. The lowest BCUT2D eigenvalue weighted by Crippen LogP contribution is -2.12. The fraction of sp³-hybridized carbons (Fsp3) is 0.778. The van der Waals surface area contributed by atoms with Gasteiger partial charge in [-0.15, -0.1) is 0 Å². The average molecular weight is 214 g/mol. The predicted molar refractivity (Wildman–Crippen MR) is 54.0 cm³/mol. The number of hydrogen-bond donors (Lipinski definition) is 1. The van der Waals surface area contributed by atoms with E-state index >= 15 is 0 Å². The fourth-order valence-corrected chi connectivity index (χ4v) is 2.90. The van der Waals surface area contributed by atoms with Gasteiger partial charge in [-0.05, 0) is 18.6 Å². The van der Waals surface area contributed by atoms with E-state index in [4.69, 9.17) is 9.63 Å². The van der Waals surface area contributed by atoms with E-state index in [1.807, 2.05) is 11.8 Å². The van der Waals surface area contributed by atoms with E-state index < -0.39 is 0 Å². The molecule has 1 atom stereocenters. The molecule has 1 N–H and O–H groups in total. The maximum atomic E-state index is 8.77. The molecular formula is C9H14N2O2S. The maximum absolute atomic E-state index is 8.77. The maximum Gasteiger partial charge on any atom is 0.227 e. The molecule has 1 aliphatic rings. The van der Waals surface area contributed by atoms with E-state index in [1.165, 1.54) is 25.0 Å². The van der Waals surface area contributed by atoms with E-state index in [0.717, 1.165) is 6.42 Å². The van der Waals surface area contributed by atoms with Gasteiger partial charge in [0.15, 0.2) is 5.82 Å². The van der Waals surface area contributed by atoms with Crippen molar-refractivity contribution in [2.75, 3.05) is 5.75 Å². The summed E-state index contributed by atoms with van der Waals surface area (Å²) in [6.45, 7) is -0.138. The first-order valence-corrected chi connectivity index (χ1v) is 5.97. The summed E-state index contributed by atoms with van der Waals surface area (Å²) in [5.41, 5.74) is 0. The molecule has 1 aromatic rings. The minimum atomic E-state index is -0.138. The normalized spacial score (nSPS) is 22.5. The summed E-state index contributed by atoms with van der Waals surface area (Å²) < 4.78 is 5.02. The van der Waals surface area contributed by atoms with Crippen LogP contribution in [0.25, 0.3) is 0 Å². The molecule has 0 aliphatic carbocycles. The number of aliphatic hydroxyl groups excluding tert-OH is 1. The molecule has 4 nitrogen and oxygen atoms in total. The molecule has 0 spiro atoms. The lowest BCUT2D eigenvalue weighted by atomic mass is 10.1. The van der Waals surface area contributed by atoms with E-state index in [0.29, 0.717) is 17.0 Å². The van der Waals surface area contributed by atoms with Crippen molar-refractivity contribution in [3.8, 4) is 0 Å². The molecule has 0 radical (unpaired) electrons. The Hall–Kier alpha value is -0.550. The highest BCUT2D eigenvalue weighted by Gasteiger charge is 2.17. The van der Waals surface area contributed by atoms with Crippen LogP contribution in [-0.4, -0.2) is 26.2 Å². The Balaban J connectivity index is 1.89. The van der Waals surface area contributed by atoms with Crippen molar-refractivity contribution in [1.29, 1.82) is 0 Å². The highest BCUT2D eigenvalue weighted by Crippen LogP contribution is 2.27. The van der Waals surface area contributed by atoms with Crippen molar-refractivity contribution in [3.63, 3.8) is 0 Å². The van der Waals surface area contributed by atoms with Gasteiger partial charge in [-0.2, -0.15) is 16.7 Å². The quantitative estimate of drug-likeness (QED) is 0.824. The molecule has 1 aromatic heterocycles. The summed E-state index contributed by atoms with van der Waals surface area (Å²) in [4.78, 5) is 4.08. The largest absolute Gasteiger partial charge is 0.388 e. The van der Waals surface area contributed by atoms with Crippen LogP contribution < -0.4 is 0 Å². The zero-order valence-electron chi connectivity index (χ0n) is 7.98. The van der Waals surface area contributed by atoms with Gasteiger partial charge in [-0.1, -0.05) is 11.6 Å². The third-order valence-electron chi connectivity index (χ3n) is 2.33. The van der Waals surface area contributed by atoms with E-state index in [-0.39, 0.29) is 6.61 Å². The number of aromatic nitrogens is 2. The molecule has 2 rings (SSSR count). The number of hydrogen-bond acceptors (Lipinski definition) is 5. The van der Waals surface area contributed by atoms with E-state index in [2.05, 4.69) is 10.1 Å². The Labute approximate surface area is 87.1 Å². The van der Waals surface area contributed by atoms with Gasteiger partial charge in [0.05, 0.1) is 0 Å². The zero-order chi connectivity index (χ0) is 9.80. The minimum Gasteiger partial charge on any atom is -0.388 e. The van der Waals surface area contributed by atoms with E-state index in [1.54, 1.807) is 0 Å². The van der Waals surface area contributed by atoms with Crippen LogP contribution in [0.1, 0.15) is 31.0 Å². The van der Waals surface area contributed by atoms with Crippen molar-refractivity contribution in [2.24, 2.45) is 0 Å². The Morgan fingerprint density at radius 1 is 1.50 bits per heavy atom. The minimum absolute atomic E-state index is 0.138. The van der Waals surface area contributed by atoms with E-state index in [9.17, 15) is 0 Å². The second-order valence-electron chi connectivity index (χ2n) is 3.46. The van der Waals surface area contributed by atoms with Crippen LogP contribution >= 0.6 is 11.8 Å². The third-order valence-corrected chi connectivity index (χ3v) is 3.73. The second kappa shape index (κ2) is 4.79. The van der Waals surface area contributed by atoms with Crippen LogP contribution in [0, 0.1) is 0 Å². The Bertz CT molecular complexity index is 284. The molecule has 0 bridgehead atoms. The van der Waals surface area contributed by atoms with Crippen molar-refractivity contribution in [2.45, 2.75) is 37.5 Å². The molecule has 78 valence electrons. The van der Waals surface area contributed by atoms with Gasteiger partial charge in [0.1, 0.15) is 6.61 Å². The van der Waals surface area contributed by atoms with Gasteiger partial charge >= 0.3 is 0 Å². The highest BCUT2D eigenvalue weighted by atomic mass is 32.2. The van der Waals surface area contributed by atoms with Crippen molar-refractivity contribution in [3.05, 3.63) is 11.7 Å². The summed E-state index contributed by atoms with van der Waals surface area (Å²) >= 11 is 1.98. The number of aliphatic hydroxyl groups is 1. The first-order valence-electron chi connectivity index (χ1n) is 4.92. The fourth-order valence-electron chi connectivity index (χ4n) is 1.60. The summed E-state index contributed by atoms with van der Waals surface area (Å²) in [5.74, 6) is 2.29. The van der Waals surface area contributed by atoms with Crippen molar-refractivity contribution < 1.29 is 9.63 Å². The third kappa shape index (κ3) is 2.48. The Morgan fingerprint density at radius 3 is 3.07 bits per heavy atom. The van der Waals surface area contributed by atoms with Gasteiger partial charge in [0, 0.05) is 11.7 Å². The summed E-state index contributed by atoms with van der Waals surface area (Å²) in [6.07, 6.45) is 4.71. The molecule has 14 heavy (non-hydrogen) atoms. The van der Waals surface area contributed by atoms with Crippen LogP contribution in [-0.2, 0) is 13.0 Å². The predicted octanol–water partition coefficient (Wildman–Crippen LogP) is 1.39. The summed E-state index contributed by atoms with van der Waals surface area (Å²) in [5, 5.41) is 13.0. The van der Waals surface area contributed by atoms with Gasteiger partial charge in [-0.25, -0.2) is 0 Å². The average Bonchev–Trinajstić information content (AvgIpc) is 2.67. The van der Waals surface area contributed by atoms with Crippen LogP contribution in [0.15, 0.2) is 4.52 Å². The molecule has 5 heteroatoms. The van der Waals surface area contributed by atoms with Crippen LogP contribution in [0.2, 0.25) is 0 Å². The highest BCUT2D eigenvalue weighted by molar-refractivity contribution is 7.99. The van der Waals surface area contributed by atoms with Crippen LogP contribution in [0.3, 0.4) is 0 Å². The molecule has 1 unspecified atom stereocenters. The van der Waals surface area contributed by atoms with Crippen LogP contribution in [0.4, 0.5) is 0 Å². The zero-order valence-corrected chi connectivity index (χ0v) is 8.79. The molecule has 1 aliphatic heterocycles. The molecule has 0 saturated carbocycles. The molecule has 0 aromatic carbocycles. The Morgan fingerprint density at radius 2 is 2.43 bits per heavy atom. The molecule has 2 heterocycles. The van der Waals surface area contributed by atoms with Crippen LogP contribution in [0.5, 0.6) is 0 Å². The van der Waals surface area contributed by atoms with Gasteiger partial charge in [0.25, 0.3) is 0 Å². The number of thioether (sulfide) groups is 1. The first kappa shape index (κ1) is 9.98. The number of nitrogens with zero attached hydrogens (tertiary/aromatic N) is 2. The monoisotopic (exact) mass is 214 g/mol. The lowest BCUT2D eigenvalue weighted by molar-refractivity contribution is 0.262. The standard InChI is InChI=1S/C9H14N2O2S/c12-6-8-10-9(13-11-8)5-7-3-1-2-4-14-7/h7,12H,1-6H2. The van der Waals surface area contributed by atoms with Gasteiger partial charge < -0.3 is 9.63 Å². The van der Waals surface area contributed by atoms with Crippen molar-refractivity contribution in [1.82, 2.24) is 10.1 Å². The topological polar surface area (TPSA) is 59.2 Å². The molecular weight excluding hydrogens is 200 g/mol. The van der Waals surface area contributed by atoms with Gasteiger partial charge in [-0.3, -0.25) is 0 Å². The van der Waals surface area contributed by atoms with Crippen molar-refractivity contribution >= 4 is 11.8 Å². The smallest absolute Gasteiger partial charge is 0.227 e. The Kier molecular flexibility index (Phi) is 3.42. The van der Waals surface area contributed by atoms with Gasteiger partial charge in [0.2, 0.25) is 5.89 Å². The second-order valence-corrected chi connectivity index (χ2v) is 4.86. The molecule has 1 fully saturated rings. The summed E-state index contributed by atoms with van der Waals surface area (Å²) in [7, 11) is 0. The molecule has 0 amide bonds. The number of rotatable bonds is 3. The lowest BCUT2D eigenvalue weighted by Gasteiger charge is -2.18. The SMILES string of the molecule is OCc1noc(CC2CCCCS2)n1.